The molecule has 1 atom stereocenters. The highest BCUT2D eigenvalue weighted by Crippen LogP contribution is 1.92. The van der Waals surface area contributed by atoms with Crippen LogP contribution < -0.4 is 5.48 Å². The Morgan fingerprint density at radius 1 is 1.14 bits per heavy atom. The molecule has 86 valence electrons. The summed E-state index contributed by atoms with van der Waals surface area (Å²) in [5, 5.41) is 9.40. The summed E-state index contributed by atoms with van der Waals surface area (Å²) in [6, 6.07) is 0. The molecule has 0 aromatic heterocycles. The van der Waals surface area contributed by atoms with Gasteiger partial charge in [-0.05, 0) is 19.8 Å². The molecule has 0 spiro atoms. The summed E-state index contributed by atoms with van der Waals surface area (Å²) < 4.78 is 5.24. The minimum atomic E-state index is -0.510. The van der Waals surface area contributed by atoms with E-state index in [1.165, 1.54) is 0 Å². The molecule has 0 rings (SSSR count). The van der Waals surface area contributed by atoms with Crippen molar-refractivity contribution in [3.05, 3.63) is 0 Å². The lowest BCUT2D eigenvalue weighted by Gasteiger charge is -2.14. The van der Waals surface area contributed by atoms with E-state index < -0.39 is 6.10 Å². The molecule has 2 N–H and O–H groups in total. The van der Waals surface area contributed by atoms with Gasteiger partial charge in [-0.25, -0.2) is 0 Å². The number of aliphatic hydroxyl groups excluding tert-OH is 1. The molecule has 0 aliphatic carbocycles. The van der Waals surface area contributed by atoms with Crippen molar-refractivity contribution in [3.63, 3.8) is 0 Å². The van der Waals surface area contributed by atoms with E-state index in [0.29, 0.717) is 25.7 Å². The van der Waals surface area contributed by atoms with Crippen LogP contribution >= 0.6 is 0 Å². The standard InChI is InChI=1S/C10H23NO3/c1-8(2)6-14-11-5-10(12)7-13-9(3)4/h8-12H,5-7H2,1-4H3. The van der Waals surface area contributed by atoms with Crippen LogP contribution in [0.4, 0.5) is 0 Å². The number of hydrogen-bond acceptors (Lipinski definition) is 4. The molecule has 0 aromatic carbocycles. The molecule has 14 heavy (non-hydrogen) atoms. The van der Waals surface area contributed by atoms with Gasteiger partial charge in [-0.15, -0.1) is 0 Å². The largest absolute Gasteiger partial charge is 0.389 e. The summed E-state index contributed by atoms with van der Waals surface area (Å²) in [4.78, 5) is 5.11. The van der Waals surface area contributed by atoms with Gasteiger partial charge in [-0.1, -0.05) is 13.8 Å². The van der Waals surface area contributed by atoms with Crippen molar-refractivity contribution in [2.45, 2.75) is 39.9 Å². The van der Waals surface area contributed by atoms with Crippen molar-refractivity contribution in [2.75, 3.05) is 19.8 Å². The second kappa shape index (κ2) is 8.17. The van der Waals surface area contributed by atoms with E-state index >= 15 is 0 Å². The van der Waals surface area contributed by atoms with Crippen LogP contribution in [0.1, 0.15) is 27.7 Å². The summed E-state index contributed by atoms with van der Waals surface area (Å²) >= 11 is 0. The molecule has 4 nitrogen and oxygen atoms in total. The molecule has 0 fully saturated rings. The van der Waals surface area contributed by atoms with Gasteiger partial charge in [0.15, 0.2) is 0 Å². The maximum Gasteiger partial charge on any atom is 0.0921 e. The van der Waals surface area contributed by atoms with Crippen LogP contribution in [-0.4, -0.2) is 37.1 Å². The van der Waals surface area contributed by atoms with Gasteiger partial charge in [-0.2, -0.15) is 5.48 Å². The highest BCUT2D eigenvalue weighted by atomic mass is 16.6. The Balaban J connectivity index is 3.22. The number of nitrogens with one attached hydrogen (secondary N) is 1. The van der Waals surface area contributed by atoms with E-state index in [4.69, 9.17) is 9.57 Å². The fourth-order valence-electron chi connectivity index (χ4n) is 0.743. The molecule has 4 heteroatoms. The predicted octanol–water partition coefficient (Wildman–Crippen LogP) is 0.949. The lowest BCUT2D eigenvalue weighted by molar-refractivity contribution is -0.0336. The zero-order valence-electron chi connectivity index (χ0n) is 9.62. The third-order valence-electron chi connectivity index (χ3n) is 1.46. The first-order valence-corrected chi connectivity index (χ1v) is 5.16. The fraction of sp³-hybridized carbons (Fsp3) is 1.00. The lowest BCUT2D eigenvalue weighted by Crippen LogP contribution is -2.32. The van der Waals surface area contributed by atoms with Gasteiger partial charge in [0.25, 0.3) is 0 Å². The normalized spacial score (nSPS) is 13.9. The van der Waals surface area contributed by atoms with Crippen LogP contribution in [-0.2, 0) is 9.57 Å². The Labute approximate surface area is 86.5 Å². The highest BCUT2D eigenvalue weighted by molar-refractivity contribution is 4.54. The third-order valence-corrected chi connectivity index (χ3v) is 1.46. The van der Waals surface area contributed by atoms with Gasteiger partial charge in [0, 0.05) is 6.54 Å². The summed E-state index contributed by atoms with van der Waals surface area (Å²) in [6.07, 6.45) is -0.356. The maximum absolute atomic E-state index is 9.40. The molecule has 0 amide bonds. The van der Waals surface area contributed by atoms with Crippen molar-refractivity contribution in [1.29, 1.82) is 0 Å². The Bertz CT molecular complexity index is 129. The summed E-state index contributed by atoms with van der Waals surface area (Å²) in [7, 11) is 0. The van der Waals surface area contributed by atoms with Crippen LogP contribution in [0.5, 0.6) is 0 Å². The minimum Gasteiger partial charge on any atom is -0.389 e. The van der Waals surface area contributed by atoms with Gasteiger partial charge in [0.1, 0.15) is 0 Å². The first kappa shape index (κ1) is 13.8. The molecule has 0 saturated heterocycles. The van der Waals surface area contributed by atoms with Crippen LogP contribution in [0.25, 0.3) is 0 Å². The molecule has 0 radical (unpaired) electrons. The van der Waals surface area contributed by atoms with E-state index in [2.05, 4.69) is 19.3 Å². The van der Waals surface area contributed by atoms with Gasteiger partial charge >= 0.3 is 0 Å². The van der Waals surface area contributed by atoms with Gasteiger partial charge in [0.05, 0.1) is 25.4 Å². The first-order chi connectivity index (χ1) is 6.52. The summed E-state index contributed by atoms with van der Waals surface area (Å²) in [6.45, 7) is 9.41. The Morgan fingerprint density at radius 2 is 1.79 bits per heavy atom. The molecule has 0 heterocycles. The Morgan fingerprint density at radius 3 is 2.29 bits per heavy atom. The zero-order chi connectivity index (χ0) is 11.0. The number of hydrogen-bond donors (Lipinski definition) is 2. The van der Waals surface area contributed by atoms with E-state index in [1.54, 1.807) is 0 Å². The van der Waals surface area contributed by atoms with Crippen molar-refractivity contribution in [3.8, 4) is 0 Å². The number of ether oxygens (including phenoxy) is 1. The average Bonchev–Trinajstić information content (AvgIpc) is 2.08. The van der Waals surface area contributed by atoms with Crippen molar-refractivity contribution in [2.24, 2.45) is 5.92 Å². The highest BCUT2D eigenvalue weighted by Gasteiger charge is 2.05. The molecule has 1 unspecified atom stereocenters. The summed E-state index contributed by atoms with van der Waals surface area (Å²) in [5.74, 6) is 0.492. The van der Waals surface area contributed by atoms with Crippen LogP contribution in [0.3, 0.4) is 0 Å². The molecule has 0 aliphatic rings. The lowest BCUT2D eigenvalue weighted by atomic mass is 10.2. The first-order valence-electron chi connectivity index (χ1n) is 5.16. The van der Waals surface area contributed by atoms with E-state index in [9.17, 15) is 5.11 Å². The number of hydroxylamine groups is 1. The second-order valence-electron chi connectivity index (χ2n) is 4.09. The number of aliphatic hydroxyl groups is 1. The predicted molar refractivity (Wildman–Crippen MR) is 55.9 cm³/mol. The van der Waals surface area contributed by atoms with Crippen LogP contribution in [0, 0.1) is 5.92 Å². The summed E-state index contributed by atoms with van der Waals surface area (Å²) in [5.41, 5.74) is 2.71. The van der Waals surface area contributed by atoms with Gasteiger partial charge in [0.2, 0.25) is 0 Å². The topological polar surface area (TPSA) is 50.7 Å². The Hall–Kier alpha value is -0.160. The molecule has 0 aliphatic heterocycles. The third kappa shape index (κ3) is 9.92. The zero-order valence-corrected chi connectivity index (χ0v) is 9.62. The van der Waals surface area contributed by atoms with E-state index in [0.717, 1.165) is 0 Å². The maximum atomic E-state index is 9.40. The smallest absolute Gasteiger partial charge is 0.0921 e. The minimum absolute atomic E-state index is 0.154. The van der Waals surface area contributed by atoms with Crippen LogP contribution in [0.15, 0.2) is 0 Å². The van der Waals surface area contributed by atoms with Crippen molar-refractivity contribution < 1.29 is 14.7 Å². The number of rotatable bonds is 8. The Kier molecular flexibility index (Phi) is 8.08. The average molecular weight is 205 g/mol. The monoisotopic (exact) mass is 205 g/mol. The molecule has 0 aromatic rings. The molecular weight excluding hydrogens is 182 g/mol. The molecule has 0 bridgehead atoms. The second-order valence-corrected chi connectivity index (χ2v) is 4.09. The molecular formula is C10H23NO3. The van der Waals surface area contributed by atoms with Crippen molar-refractivity contribution >= 4 is 0 Å². The van der Waals surface area contributed by atoms with E-state index in [1.807, 2.05) is 13.8 Å². The van der Waals surface area contributed by atoms with Crippen molar-refractivity contribution in [1.82, 2.24) is 5.48 Å². The van der Waals surface area contributed by atoms with Gasteiger partial charge in [-0.3, -0.25) is 0 Å². The van der Waals surface area contributed by atoms with Crippen LogP contribution in [0.2, 0.25) is 0 Å². The quantitative estimate of drug-likeness (QED) is 0.457. The van der Waals surface area contributed by atoms with E-state index in [-0.39, 0.29) is 6.10 Å². The molecule has 0 saturated carbocycles. The SMILES string of the molecule is CC(C)CONCC(O)COC(C)C. The fourth-order valence-corrected chi connectivity index (χ4v) is 0.743. The van der Waals surface area contributed by atoms with Gasteiger partial charge < -0.3 is 14.7 Å².